The van der Waals surface area contributed by atoms with E-state index < -0.39 is 0 Å². The quantitative estimate of drug-likeness (QED) is 0.840. The Morgan fingerprint density at radius 2 is 2.30 bits per heavy atom. The molecule has 20 heavy (non-hydrogen) atoms. The minimum absolute atomic E-state index is 0.0921. The minimum Gasteiger partial charge on any atom is -0.474 e. The molecule has 0 atom stereocenters. The minimum atomic E-state index is 0.0921. The summed E-state index contributed by atoms with van der Waals surface area (Å²) in [6, 6.07) is 3.84. The summed E-state index contributed by atoms with van der Waals surface area (Å²) in [5.41, 5.74) is 1.03. The molecule has 0 radical (unpaired) electrons. The summed E-state index contributed by atoms with van der Waals surface area (Å²) >= 11 is 1.68. The third-order valence-electron chi connectivity index (χ3n) is 3.41. The summed E-state index contributed by atoms with van der Waals surface area (Å²) in [6.45, 7) is 0.538. The Morgan fingerprint density at radius 3 is 3.05 bits per heavy atom. The van der Waals surface area contributed by atoms with E-state index in [0.29, 0.717) is 24.9 Å². The van der Waals surface area contributed by atoms with Gasteiger partial charge in [-0.15, -0.1) is 0 Å². The first-order chi connectivity index (χ1) is 9.78. The normalized spacial score (nSPS) is 15.2. The first-order valence-electron chi connectivity index (χ1n) is 7.15. The standard InChI is InChI=1S/C15H22N2O2S/c1-20-9-7-14(18)17-11-12-6-8-16-15(10-12)19-13-4-2-3-5-13/h6,8,10,13H,2-5,7,9,11H2,1H3,(H,17,18). The molecule has 0 unspecified atom stereocenters. The molecule has 5 heteroatoms. The highest BCUT2D eigenvalue weighted by Crippen LogP contribution is 2.23. The van der Waals surface area contributed by atoms with Crippen LogP contribution in [0.25, 0.3) is 0 Å². The summed E-state index contributed by atoms with van der Waals surface area (Å²) < 4.78 is 5.86. The van der Waals surface area contributed by atoms with Crippen LogP contribution in [-0.2, 0) is 11.3 Å². The number of pyridine rings is 1. The fourth-order valence-corrected chi connectivity index (χ4v) is 2.68. The molecule has 1 aromatic rings. The predicted molar refractivity (Wildman–Crippen MR) is 82.0 cm³/mol. The zero-order chi connectivity index (χ0) is 14.2. The van der Waals surface area contributed by atoms with E-state index in [2.05, 4.69) is 10.3 Å². The van der Waals surface area contributed by atoms with Crippen molar-refractivity contribution in [2.24, 2.45) is 0 Å². The van der Waals surface area contributed by atoms with Gasteiger partial charge in [0.1, 0.15) is 6.10 Å². The molecule has 0 saturated heterocycles. The lowest BCUT2D eigenvalue weighted by Gasteiger charge is -2.12. The molecule has 2 rings (SSSR count). The Labute approximate surface area is 124 Å². The van der Waals surface area contributed by atoms with E-state index in [1.807, 2.05) is 18.4 Å². The second-order valence-electron chi connectivity index (χ2n) is 5.05. The van der Waals surface area contributed by atoms with Gasteiger partial charge in [-0.05, 0) is 43.6 Å². The SMILES string of the molecule is CSCCC(=O)NCc1ccnc(OC2CCCC2)c1. The fourth-order valence-electron chi connectivity index (χ4n) is 2.29. The van der Waals surface area contributed by atoms with Crippen LogP contribution in [0.2, 0.25) is 0 Å². The third-order valence-corrected chi connectivity index (χ3v) is 4.02. The van der Waals surface area contributed by atoms with Crippen molar-refractivity contribution in [2.75, 3.05) is 12.0 Å². The van der Waals surface area contributed by atoms with Crippen LogP contribution in [0.15, 0.2) is 18.3 Å². The monoisotopic (exact) mass is 294 g/mol. The molecule has 1 N–H and O–H groups in total. The summed E-state index contributed by atoms with van der Waals surface area (Å²) in [6.07, 6.45) is 9.36. The van der Waals surface area contributed by atoms with E-state index in [0.717, 1.165) is 24.2 Å². The van der Waals surface area contributed by atoms with Gasteiger partial charge in [0, 0.05) is 31.0 Å². The van der Waals surface area contributed by atoms with Crippen LogP contribution in [-0.4, -0.2) is 29.0 Å². The first kappa shape index (κ1) is 15.2. The highest BCUT2D eigenvalue weighted by Gasteiger charge is 2.17. The molecule has 0 bridgehead atoms. The van der Waals surface area contributed by atoms with Gasteiger partial charge in [-0.2, -0.15) is 11.8 Å². The molecule has 1 aliphatic rings. The maximum absolute atomic E-state index is 11.6. The van der Waals surface area contributed by atoms with Crippen molar-refractivity contribution in [3.63, 3.8) is 0 Å². The van der Waals surface area contributed by atoms with Crippen LogP contribution in [0.5, 0.6) is 5.88 Å². The second kappa shape index (κ2) is 8.15. The second-order valence-corrected chi connectivity index (χ2v) is 6.03. The molecular weight excluding hydrogens is 272 g/mol. The first-order valence-corrected chi connectivity index (χ1v) is 8.54. The number of thioether (sulfide) groups is 1. The lowest BCUT2D eigenvalue weighted by atomic mass is 10.2. The Bertz CT molecular complexity index is 434. The summed E-state index contributed by atoms with van der Waals surface area (Å²) in [5.74, 6) is 1.63. The van der Waals surface area contributed by atoms with Gasteiger partial charge >= 0.3 is 0 Å². The largest absolute Gasteiger partial charge is 0.474 e. The molecule has 0 spiro atoms. The smallest absolute Gasteiger partial charge is 0.221 e. The Balaban J connectivity index is 1.81. The number of carbonyl (C=O) groups is 1. The number of hydrogen-bond acceptors (Lipinski definition) is 4. The van der Waals surface area contributed by atoms with Gasteiger partial charge in [-0.3, -0.25) is 4.79 Å². The van der Waals surface area contributed by atoms with E-state index >= 15 is 0 Å². The molecular formula is C15H22N2O2S. The molecule has 1 fully saturated rings. The van der Waals surface area contributed by atoms with Crippen molar-refractivity contribution < 1.29 is 9.53 Å². The lowest BCUT2D eigenvalue weighted by Crippen LogP contribution is -2.23. The van der Waals surface area contributed by atoms with Gasteiger partial charge in [0.2, 0.25) is 11.8 Å². The molecule has 0 aliphatic heterocycles. The molecule has 1 aromatic heterocycles. The van der Waals surface area contributed by atoms with Crippen molar-refractivity contribution in [2.45, 2.75) is 44.8 Å². The van der Waals surface area contributed by atoms with E-state index in [4.69, 9.17) is 4.74 Å². The molecule has 0 aromatic carbocycles. The van der Waals surface area contributed by atoms with Gasteiger partial charge in [-0.1, -0.05) is 0 Å². The van der Waals surface area contributed by atoms with Crippen molar-refractivity contribution in [3.05, 3.63) is 23.9 Å². The fraction of sp³-hybridized carbons (Fsp3) is 0.600. The summed E-state index contributed by atoms with van der Waals surface area (Å²) in [7, 11) is 0. The summed E-state index contributed by atoms with van der Waals surface area (Å²) in [5, 5.41) is 2.92. The van der Waals surface area contributed by atoms with E-state index in [1.54, 1.807) is 18.0 Å². The molecule has 110 valence electrons. The van der Waals surface area contributed by atoms with Crippen molar-refractivity contribution in [3.8, 4) is 5.88 Å². The Kier molecular flexibility index (Phi) is 6.18. The average Bonchev–Trinajstić information content (AvgIpc) is 2.96. The Hall–Kier alpha value is -1.23. The van der Waals surface area contributed by atoms with Gasteiger partial charge < -0.3 is 10.1 Å². The average molecular weight is 294 g/mol. The predicted octanol–water partition coefficient (Wildman–Crippen LogP) is 2.77. The molecule has 1 heterocycles. The lowest BCUT2D eigenvalue weighted by molar-refractivity contribution is -0.120. The van der Waals surface area contributed by atoms with E-state index in [-0.39, 0.29) is 5.91 Å². The van der Waals surface area contributed by atoms with Gasteiger partial charge in [-0.25, -0.2) is 4.98 Å². The maximum atomic E-state index is 11.6. The van der Waals surface area contributed by atoms with Crippen LogP contribution < -0.4 is 10.1 Å². The molecule has 1 amide bonds. The molecule has 1 aliphatic carbocycles. The molecule has 1 saturated carbocycles. The van der Waals surface area contributed by atoms with Gasteiger partial charge in [0.25, 0.3) is 0 Å². The van der Waals surface area contributed by atoms with Gasteiger partial charge in [0.05, 0.1) is 0 Å². The van der Waals surface area contributed by atoms with E-state index in [9.17, 15) is 4.79 Å². The summed E-state index contributed by atoms with van der Waals surface area (Å²) in [4.78, 5) is 15.8. The number of aromatic nitrogens is 1. The van der Waals surface area contributed by atoms with Crippen LogP contribution in [0, 0.1) is 0 Å². The van der Waals surface area contributed by atoms with Crippen molar-refractivity contribution in [1.82, 2.24) is 10.3 Å². The highest BCUT2D eigenvalue weighted by atomic mass is 32.2. The topological polar surface area (TPSA) is 51.2 Å². The van der Waals surface area contributed by atoms with Crippen molar-refractivity contribution in [1.29, 1.82) is 0 Å². The van der Waals surface area contributed by atoms with Crippen LogP contribution in [0.1, 0.15) is 37.7 Å². The zero-order valence-electron chi connectivity index (χ0n) is 11.9. The number of amides is 1. The number of nitrogens with one attached hydrogen (secondary N) is 1. The van der Waals surface area contributed by atoms with Crippen LogP contribution >= 0.6 is 11.8 Å². The van der Waals surface area contributed by atoms with Crippen LogP contribution in [0.3, 0.4) is 0 Å². The number of hydrogen-bond donors (Lipinski definition) is 1. The number of rotatable bonds is 7. The third kappa shape index (κ3) is 5.04. The van der Waals surface area contributed by atoms with Crippen molar-refractivity contribution >= 4 is 17.7 Å². The maximum Gasteiger partial charge on any atom is 0.221 e. The zero-order valence-corrected chi connectivity index (χ0v) is 12.7. The highest BCUT2D eigenvalue weighted by molar-refractivity contribution is 7.98. The number of ether oxygens (including phenoxy) is 1. The molecule has 4 nitrogen and oxygen atoms in total. The van der Waals surface area contributed by atoms with E-state index in [1.165, 1.54) is 12.8 Å². The number of carbonyl (C=O) groups excluding carboxylic acids is 1. The van der Waals surface area contributed by atoms with Gasteiger partial charge in [0.15, 0.2) is 0 Å². The number of nitrogens with zero attached hydrogens (tertiary/aromatic N) is 1. The Morgan fingerprint density at radius 1 is 1.50 bits per heavy atom. The van der Waals surface area contributed by atoms with Crippen LogP contribution in [0.4, 0.5) is 0 Å².